The molecule has 1 aliphatic rings. The molecule has 1 aromatic rings. The molecule has 21 heavy (non-hydrogen) atoms. The number of nitrogens with two attached hydrogens (primary N) is 1. The standard InChI is InChI=1S/C14H20Cl2N2O2S/c1-9(10-4-2-3-5-10)18-21(19,20)13-7-12(15)6-11(8-17)14(13)16/h6-7,9-10,18H,2-5,8,17H2,1H3. The van der Waals surface area contributed by atoms with Gasteiger partial charge in [0.2, 0.25) is 10.0 Å². The van der Waals surface area contributed by atoms with Gasteiger partial charge in [-0.1, -0.05) is 36.0 Å². The Bertz CT molecular complexity index is 614. The van der Waals surface area contributed by atoms with Crippen molar-refractivity contribution in [3.8, 4) is 0 Å². The lowest BCUT2D eigenvalue weighted by Crippen LogP contribution is -2.37. The van der Waals surface area contributed by atoms with Crippen LogP contribution in [0.15, 0.2) is 17.0 Å². The van der Waals surface area contributed by atoms with E-state index >= 15 is 0 Å². The van der Waals surface area contributed by atoms with Gasteiger partial charge in [-0.2, -0.15) is 0 Å². The van der Waals surface area contributed by atoms with E-state index in [0.29, 0.717) is 16.5 Å². The van der Waals surface area contributed by atoms with E-state index in [0.717, 1.165) is 25.7 Å². The summed E-state index contributed by atoms with van der Waals surface area (Å²) in [5.41, 5.74) is 6.10. The van der Waals surface area contributed by atoms with Gasteiger partial charge in [0.1, 0.15) is 4.90 Å². The summed E-state index contributed by atoms with van der Waals surface area (Å²) in [6, 6.07) is 2.84. The second-order valence-corrected chi connectivity index (χ2v) is 8.03. The molecular weight excluding hydrogens is 331 g/mol. The highest BCUT2D eigenvalue weighted by molar-refractivity contribution is 7.89. The smallest absolute Gasteiger partial charge is 0.242 e. The highest BCUT2D eigenvalue weighted by atomic mass is 35.5. The fourth-order valence-corrected chi connectivity index (χ4v) is 5.08. The molecule has 118 valence electrons. The monoisotopic (exact) mass is 350 g/mol. The zero-order valence-corrected chi connectivity index (χ0v) is 14.2. The average Bonchev–Trinajstić information content (AvgIpc) is 2.94. The van der Waals surface area contributed by atoms with E-state index in [9.17, 15) is 8.42 Å². The fraction of sp³-hybridized carbons (Fsp3) is 0.571. The molecule has 1 atom stereocenters. The number of hydrogen-bond donors (Lipinski definition) is 2. The Morgan fingerprint density at radius 2 is 1.95 bits per heavy atom. The van der Waals surface area contributed by atoms with Crippen LogP contribution in [0.4, 0.5) is 0 Å². The minimum Gasteiger partial charge on any atom is -0.326 e. The number of hydrogen-bond acceptors (Lipinski definition) is 3. The summed E-state index contributed by atoms with van der Waals surface area (Å²) in [5, 5.41) is 0.460. The van der Waals surface area contributed by atoms with Gasteiger partial charge in [0.15, 0.2) is 0 Å². The Balaban J connectivity index is 2.28. The first-order valence-electron chi connectivity index (χ1n) is 7.05. The quantitative estimate of drug-likeness (QED) is 0.855. The first-order chi connectivity index (χ1) is 9.85. The molecule has 4 nitrogen and oxygen atoms in total. The topological polar surface area (TPSA) is 72.2 Å². The van der Waals surface area contributed by atoms with Crippen molar-refractivity contribution in [3.05, 3.63) is 27.7 Å². The van der Waals surface area contributed by atoms with Crippen molar-refractivity contribution >= 4 is 33.2 Å². The summed E-state index contributed by atoms with van der Waals surface area (Å²) in [7, 11) is -3.70. The zero-order valence-electron chi connectivity index (χ0n) is 11.9. The molecule has 0 spiro atoms. The molecule has 3 N–H and O–H groups in total. The maximum Gasteiger partial charge on any atom is 0.242 e. The van der Waals surface area contributed by atoms with Crippen LogP contribution in [0.3, 0.4) is 0 Å². The van der Waals surface area contributed by atoms with Gasteiger partial charge in [0.25, 0.3) is 0 Å². The maximum atomic E-state index is 12.5. The number of sulfonamides is 1. The number of halogens is 2. The van der Waals surface area contributed by atoms with Gasteiger partial charge in [-0.15, -0.1) is 0 Å². The molecule has 1 aliphatic carbocycles. The maximum absolute atomic E-state index is 12.5. The lowest BCUT2D eigenvalue weighted by Gasteiger charge is -2.21. The van der Waals surface area contributed by atoms with Gasteiger partial charge < -0.3 is 5.73 Å². The molecule has 1 saturated carbocycles. The molecular formula is C14H20Cl2N2O2S. The predicted molar refractivity (Wildman–Crippen MR) is 86.1 cm³/mol. The number of nitrogens with one attached hydrogen (secondary N) is 1. The van der Waals surface area contributed by atoms with Crippen LogP contribution in [-0.4, -0.2) is 14.5 Å². The summed E-state index contributed by atoms with van der Waals surface area (Å²) in [6.45, 7) is 2.04. The van der Waals surface area contributed by atoms with E-state index in [1.54, 1.807) is 6.07 Å². The summed E-state index contributed by atoms with van der Waals surface area (Å²) in [5.74, 6) is 0.381. The lowest BCUT2D eigenvalue weighted by atomic mass is 10.0. The minimum absolute atomic E-state index is 0.00182. The fourth-order valence-electron chi connectivity index (χ4n) is 2.82. The van der Waals surface area contributed by atoms with E-state index in [4.69, 9.17) is 28.9 Å². The Hall–Kier alpha value is -0.330. The Morgan fingerprint density at radius 3 is 2.52 bits per heavy atom. The highest BCUT2D eigenvalue weighted by Crippen LogP contribution is 2.31. The van der Waals surface area contributed by atoms with E-state index < -0.39 is 10.0 Å². The summed E-state index contributed by atoms with van der Waals surface area (Å²) < 4.78 is 27.8. The third-order valence-corrected chi connectivity index (χ3v) is 6.40. The van der Waals surface area contributed by atoms with E-state index in [1.165, 1.54) is 6.07 Å². The molecule has 0 aliphatic heterocycles. The van der Waals surface area contributed by atoms with Crippen LogP contribution >= 0.6 is 23.2 Å². The summed E-state index contributed by atoms with van der Waals surface area (Å²) in [6.07, 6.45) is 4.43. The van der Waals surface area contributed by atoms with Crippen molar-refractivity contribution < 1.29 is 8.42 Å². The summed E-state index contributed by atoms with van der Waals surface area (Å²) in [4.78, 5) is 0.00182. The van der Waals surface area contributed by atoms with Gasteiger partial charge in [-0.05, 0) is 43.4 Å². The minimum atomic E-state index is -3.70. The van der Waals surface area contributed by atoms with Crippen LogP contribution < -0.4 is 10.5 Å². The first-order valence-corrected chi connectivity index (χ1v) is 9.29. The van der Waals surface area contributed by atoms with Crippen LogP contribution in [0.2, 0.25) is 10.0 Å². The highest BCUT2D eigenvalue weighted by Gasteiger charge is 2.28. The molecule has 0 amide bonds. The molecule has 1 fully saturated rings. The number of rotatable bonds is 5. The molecule has 0 aromatic heterocycles. The Morgan fingerprint density at radius 1 is 1.33 bits per heavy atom. The van der Waals surface area contributed by atoms with Gasteiger partial charge in [-0.3, -0.25) is 0 Å². The van der Waals surface area contributed by atoms with Crippen molar-refractivity contribution in [1.82, 2.24) is 4.72 Å². The van der Waals surface area contributed by atoms with Crippen LogP contribution in [0.1, 0.15) is 38.2 Å². The Labute approximate surface area is 136 Å². The molecule has 2 rings (SSSR count). The molecule has 0 bridgehead atoms. The lowest BCUT2D eigenvalue weighted by molar-refractivity contribution is 0.424. The van der Waals surface area contributed by atoms with Gasteiger partial charge >= 0.3 is 0 Å². The van der Waals surface area contributed by atoms with Crippen molar-refractivity contribution in [1.29, 1.82) is 0 Å². The van der Waals surface area contributed by atoms with Crippen LogP contribution in [0.25, 0.3) is 0 Å². The molecule has 0 saturated heterocycles. The second kappa shape index (κ2) is 6.84. The van der Waals surface area contributed by atoms with Crippen LogP contribution in [-0.2, 0) is 16.6 Å². The molecule has 0 radical (unpaired) electrons. The second-order valence-electron chi connectivity index (χ2n) is 5.54. The van der Waals surface area contributed by atoms with Crippen LogP contribution in [0, 0.1) is 5.92 Å². The van der Waals surface area contributed by atoms with E-state index in [1.807, 2.05) is 6.92 Å². The molecule has 0 heterocycles. The van der Waals surface area contributed by atoms with Gasteiger partial charge in [0.05, 0.1) is 5.02 Å². The molecule has 1 unspecified atom stereocenters. The summed E-state index contributed by atoms with van der Waals surface area (Å²) >= 11 is 12.1. The van der Waals surface area contributed by atoms with Crippen LogP contribution in [0.5, 0.6) is 0 Å². The SMILES string of the molecule is CC(NS(=O)(=O)c1cc(Cl)cc(CN)c1Cl)C1CCCC1. The van der Waals surface area contributed by atoms with Crippen molar-refractivity contribution in [2.45, 2.75) is 50.1 Å². The third kappa shape index (κ3) is 3.90. The van der Waals surface area contributed by atoms with E-state index in [2.05, 4.69) is 4.72 Å². The van der Waals surface area contributed by atoms with Crippen molar-refractivity contribution in [3.63, 3.8) is 0 Å². The van der Waals surface area contributed by atoms with Gasteiger partial charge in [-0.25, -0.2) is 13.1 Å². The Kier molecular flexibility index (Phi) is 5.54. The normalized spacial score (nSPS) is 18.1. The third-order valence-electron chi connectivity index (χ3n) is 4.04. The predicted octanol–water partition coefficient (Wildman–Crippen LogP) is 3.31. The first kappa shape index (κ1) is 17.0. The number of benzene rings is 1. The van der Waals surface area contributed by atoms with Crippen molar-refractivity contribution in [2.24, 2.45) is 11.7 Å². The average molecular weight is 351 g/mol. The van der Waals surface area contributed by atoms with Gasteiger partial charge in [0, 0.05) is 17.6 Å². The zero-order chi connectivity index (χ0) is 15.6. The largest absolute Gasteiger partial charge is 0.326 e. The molecule has 1 aromatic carbocycles. The molecule has 7 heteroatoms. The van der Waals surface area contributed by atoms with E-state index in [-0.39, 0.29) is 22.5 Å². The van der Waals surface area contributed by atoms with Crippen molar-refractivity contribution in [2.75, 3.05) is 0 Å².